The normalized spacial score (nSPS) is 35.6. The van der Waals surface area contributed by atoms with Crippen molar-refractivity contribution in [1.82, 2.24) is 0 Å². The fourth-order valence-corrected chi connectivity index (χ4v) is 6.61. The predicted molar refractivity (Wildman–Crippen MR) is 128 cm³/mol. The van der Waals surface area contributed by atoms with E-state index in [2.05, 4.69) is 46.5 Å². The van der Waals surface area contributed by atoms with Gasteiger partial charge in [0, 0.05) is 0 Å². The SMILES string of the molecule is CC1=CC[C@H](C(C)C)[C@H]2C[C@@H](OC(=O)C(C)(C)C)[C@]3(O[Si](C)(C)C)C=CC(=O)[C@H](C[C@@H]12)O3. The topological polar surface area (TPSA) is 61.8 Å². The van der Waals surface area contributed by atoms with Crippen molar-refractivity contribution in [3.63, 3.8) is 0 Å². The second-order valence-corrected chi connectivity index (χ2v) is 16.7. The zero-order chi connectivity index (χ0) is 24.1. The molecule has 2 aliphatic heterocycles. The molecule has 0 aromatic heterocycles. The maximum absolute atomic E-state index is 13.1. The van der Waals surface area contributed by atoms with Crippen LogP contribution in [0.2, 0.25) is 19.6 Å². The number of hydrogen-bond acceptors (Lipinski definition) is 5. The minimum atomic E-state index is -2.12. The molecular formula is C26H42O5Si. The molecule has 1 saturated heterocycles. The Morgan fingerprint density at radius 3 is 2.44 bits per heavy atom. The van der Waals surface area contributed by atoms with Gasteiger partial charge in [0.1, 0.15) is 6.10 Å². The minimum absolute atomic E-state index is 0.0270. The number of rotatable bonds is 4. The van der Waals surface area contributed by atoms with E-state index in [4.69, 9.17) is 13.9 Å². The molecule has 180 valence electrons. The first kappa shape index (κ1) is 25.4. The highest BCUT2D eigenvalue weighted by molar-refractivity contribution is 6.69. The highest BCUT2D eigenvalue weighted by Crippen LogP contribution is 2.49. The summed E-state index contributed by atoms with van der Waals surface area (Å²) in [6, 6.07) is 0. The average molecular weight is 463 g/mol. The van der Waals surface area contributed by atoms with Gasteiger partial charge in [-0.15, -0.1) is 0 Å². The molecule has 1 aliphatic carbocycles. The zero-order valence-corrected chi connectivity index (χ0v) is 22.4. The van der Waals surface area contributed by atoms with E-state index >= 15 is 0 Å². The highest BCUT2D eigenvalue weighted by atomic mass is 28.4. The van der Waals surface area contributed by atoms with E-state index in [0.717, 1.165) is 6.42 Å². The van der Waals surface area contributed by atoms with Crippen LogP contribution in [0.1, 0.15) is 60.8 Å². The van der Waals surface area contributed by atoms with Crippen LogP contribution in [0.5, 0.6) is 0 Å². The van der Waals surface area contributed by atoms with Crippen LogP contribution in [-0.4, -0.2) is 38.1 Å². The lowest BCUT2D eigenvalue weighted by Gasteiger charge is -2.51. The molecule has 3 aliphatic rings. The first-order valence-corrected chi connectivity index (χ1v) is 15.5. The summed E-state index contributed by atoms with van der Waals surface area (Å²) in [5, 5.41) is 0. The maximum Gasteiger partial charge on any atom is 0.311 e. The van der Waals surface area contributed by atoms with Crippen LogP contribution >= 0.6 is 0 Å². The number of ketones is 1. The Balaban J connectivity index is 2.12. The number of hydrogen-bond donors (Lipinski definition) is 0. The molecule has 0 saturated carbocycles. The number of allylic oxidation sites excluding steroid dienone is 2. The van der Waals surface area contributed by atoms with Gasteiger partial charge in [-0.05, 0) is 102 Å². The van der Waals surface area contributed by atoms with Gasteiger partial charge in [-0.3, -0.25) is 9.59 Å². The number of ether oxygens (including phenoxy) is 2. The standard InChI is InChI=1S/C26H42O5Si/c1-16(2)18-11-10-17(3)19-14-22-21(27)12-13-26(30-22,31-32(7,8)9)23(15-20(18)19)29-24(28)25(4,5)6/h10,12-13,16,18-20,22-23H,11,14-15H2,1-9H3/t18-,19+,20-,22+,23-,26-/m1/s1. The lowest BCUT2D eigenvalue weighted by Crippen LogP contribution is -2.60. The van der Waals surface area contributed by atoms with Gasteiger partial charge >= 0.3 is 5.97 Å². The molecule has 2 heterocycles. The van der Waals surface area contributed by atoms with Crippen molar-refractivity contribution in [2.75, 3.05) is 0 Å². The third-order valence-electron chi connectivity index (χ3n) is 7.07. The van der Waals surface area contributed by atoms with Crippen LogP contribution < -0.4 is 0 Å². The molecule has 0 aromatic rings. The number of carbonyl (C=O) groups excluding carboxylic acids is 2. The first-order chi connectivity index (χ1) is 14.6. The van der Waals surface area contributed by atoms with E-state index in [1.54, 1.807) is 12.2 Å². The summed E-state index contributed by atoms with van der Waals surface area (Å²) < 4.78 is 19.4. The highest BCUT2D eigenvalue weighted by Gasteiger charge is 2.54. The quantitative estimate of drug-likeness (QED) is 0.306. The Bertz CT molecular complexity index is 800. The van der Waals surface area contributed by atoms with Gasteiger partial charge in [-0.25, -0.2) is 0 Å². The Labute approximate surface area is 195 Å². The fraction of sp³-hybridized carbons (Fsp3) is 0.769. The molecule has 2 bridgehead atoms. The smallest absolute Gasteiger partial charge is 0.311 e. The van der Waals surface area contributed by atoms with E-state index in [1.165, 1.54) is 5.57 Å². The van der Waals surface area contributed by atoms with Crippen molar-refractivity contribution < 1.29 is 23.5 Å². The van der Waals surface area contributed by atoms with E-state index in [9.17, 15) is 9.59 Å². The van der Waals surface area contributed by atoms with Gasteiger partial charge in [-0.2, -0.15) is 0 Å². The summed E-state index contributed by atoms with van der Waals surface area (Å²) >= 11 is 0. The number of carbonyl (C=O) groups is 2. The van der Waals surface area contributed by atoms with E-state index in [1.807, 2.05) is 20.8 Å². The fourth-order valence-electron chi connectivity index (χ4n) is 5.40. The Morgan fingerprint density at radius 2 is 1.88 bits per heavy atom. The van der Waals surface area contributed by atoms with Crippen molar-refractivity contribution in [1.29, 1.82) is 0 Å². The minimum Gasteiger partial charge on any atom is -0.456 e. The Morgan fingerprint density at radius 1 is 1.22 bits per heavy atom. The van der Waals surface area contributed by atoms with Crippen LogP contribution in [0.25, 0.3) is 0 Å². The lowest BCUT2D eigenvalue weighted by molar-refractivity contribution is -0.259. The molecule has 0 N–H and O–H groups in total. The maximum atomic E-state index is 13.1. The molecule has 32 heavy (non-hydrogen) atoms. The molecule has 3 rings (SSSR count). The van der Waals surface area contributed by atoms with Crippen LogP contribution in [-0.2, 0) is 23.5 Å². The summed E-state index contributed by atoms with van der Waals surface area (Å²) in [4.78, 5) is 26.0. The monoisotopic (exact) mass is 462 g/mol. The second kappa shape index (κ2) is 8.84. The van der Waals surface area contributed by atoms with Crippen molar-refractivity contribution in [2.45, 2.75) is 98.4 Å². The number of fused-ring (bicyclic) bond motifs is 3. The van der Waals surface area contributed by atoms with Gasteiger partial charge in [-0.1, -0.05) is 25.5 Å². The Hall–Kier alpha value is -1.24. The predicted octanol–water partition coefficient (Wildman–Crippen LogP) is 5.66. The summed E-state index contributed by atoms with van der Waals surface area (Å²) in [5.74, 6) is -0.0302. The zero-order valence-electron chi connectivity index (χ0n) is 21.4. The van der Waals surface area contributed by atoms with Crippen LogP contribution in [0, 0.1) is 29.1 Å². The summed E-state index contributed by atoms with van der Waals surface area (Å²) in [6.07, 6.45) is 6.78. The third kappa shape index (κ3) is 5.28. The molecule has 0 aromatic carbocycles. The van der Waals surface area contributed by atoms with Crippen LogP contribution in [0.3, 0.4) is 0 Å². The van der Waals surface area contributed by atoms with E-state index < -0.39 is 31.7 Å². The van der Waals surface area contributed by atoms with Gasteiger partial charge in [0.15, 0.2) is 20.2 Å². The molecule has 6 heteroatoms. The molecule has 6 atom stereocenters. The van der Waals surface area contributed by atoms with Gasteiger partial charge < -0.3 is 13.9 Å². The lowest BCUT2D eigenvalue weighted by atomic mass is 9.63. The van der Waals surface area contributed by atoms with Crippen LogP contribution in [0.15, 0.2) is 23.8 Å². The molecule has 0 radical (unpaired) electrons. The molecular weight excluding hydrogens is 420 g/mol. The third-order valence-corrected chi connectivity index (χ3v) is 8.01. The largest absolute Gasteiger partial charge is 0.456 e. The first-order valence-electron chi connectivity index (χ1n) is 12.1. The van der Waals surface area contributed by atoms with Crippen molar-refractivity contribution >= 4 is 20.1 Å². The summed E-state index contributed by atoms with van der Waals surface area (Å²) in [7, 11) is -2.12. The molecule has 0 amide bonds. The van der Waals surface area contributed by atoms with Crippen molar-refractivity contribution in [3.8, 4) is 0 Å². The number of esters is 1. The van der Waals surface area contributed by atoms with Crippen molar-refractivity contribution in [2.24, 2.45) is 29.1 Å². The molecule has 1 fully saturated rings. The average Bonchev–Trinajstić information content (AvgIpc) is 2.63. The van der Waals surface area contributed by atoms with Gasteiger partial charge in [0.05, 0.1) is 5.41 Å². The van der Waals surface area contributed by atoms with E-state index in [0.29, 0.717) is 30.6 Å². The molecule has 5 nitrogen and oxygen atoms in total. The summed E-state index contributed by atoms with van der Waals surface area (Å²) in [5.41, 5.74) is 0.674. The van der Waals surface area contributed by atoms with E-state index in [-0.39, 0.29) is 17.7 Å². The molecule has 0 spiro atoms. The van der Waals surface area contributed by atoms with Gasteiger partial charge in [0.2, 0.25) is 5.79 Å². The van der Waals surface area contributed by atoms with Gasteiger partial charge in [0.25, 0.3) is 0 Å². The second-order valence-electron chi connectivity index (χ2n) is 12.3. The van der Waals surface area contributed by atoms with Crippen molar-refractivity contribution in [3.05, 3.63) is 23.8 Å². The van der Waals surface area contributed by atoms with Crippen LogP contribution in [0.4, 0.5) is 0 Å². The molecule has 0 unspecified atom stereocenters. The summed E-state index contributed by atoms with van der Waals surface area (Å²) in [6.45, 7) is 18.6. The Kier molecular flexibility index (Phi) is 7.01.